The molecule has 0 bridgehead atoms. The Morgan fingerprint density at radius 1 is 1.16 bits per heavy atom. The van der Waals surface area contributed by atoms with E-state index in [1.807, 2.05) is 47.7 Å². The van der Waals surface area contributed by atoms with E-state index in [0.717, 1.165) is 43.1 Å². The lowest BCUT2D eigenvalue weighted by Gasteiger charge is -2.13. The van der Waals surface area contributed by atoms with Gasteiger partial charge >= 0.3 is 0 Å². The van der Waals surface area contributed by atoms with Crippen molar-refractivity contribution < 1.29 is 9.26 Å². The van der Waals surface area contributed by atoms with Gasteiger partial charge in [-0.1, -0.05) is 35.5 Å². The summed E-state index contributed by atoms with van der Waals surface area (Å²) in [6, 6.07) is 16.6. The lowest BCUT2D eigenvalue weighted by Crippen LogP contribution is -2.16. The predicted molar refractivity (Wildman–Crippen MR) is 99.4 cm³/mol. The van der Waals surface area contributed by atoms with Crippen molar-refractivity contribution in [3.8, 4) is 11.3 Å². The summed E-state index contributed by atoms with van der Waals surface area (Å²) in [5.41, 5.74) is 1.97. The number of benzene rings is 1. The second-order valence-electron chi connectivity index (χ2n) is 6.52. The van der Waals surface area contributed by atoms with Crippen LogP contribution >= 0.6 is 11.3 Å². The van der Waals surface area contributed by atoms with Crippen LogP contribution in [-0.2, 0) is 17.8 Å². The number of rotatable bonds is 6. The van der Waals surface area contributed by atoms with Gasteiger partial charge < -0.3 is 9.26 Å². The van der Waals surface area contributed by atoms with E-state index in [-0.39, 0.29) is 0 Å². The largest absolute Gasteiger partial charge is 0.373 e. The average molecular weight is 354 g/mol. The first-order valence-electron chi connectivity index (χ1n) is 8.68. The monoisotopic (exact) mass is 354 g/mol. The molecule has 130 valence electrons. The van der Waals surface area contributed by atoms with Gasteiger partial charge in [0.2, 0.25) is 0 Å². The van der Waals surface area contributed by atoms with E-state index < -0.39 is 0 Å². The van der Waals surface area contributed by atoms with Gasteiger partial charge in [0.15, 0.2) is 5.76 Å². The molecule has 4 nitrogen and oxygen atoms in total. The minimum atomic E-state index is 0.312. The molecular weight excluding hydrogens is 332 g/mol. The van der Waals surface area contributed by atoms with Crippen LogP contribution in [0.1, 0.15) is 34.5 Å². The highest BCUT2D eigenvalue weighted by molar-refractivity contribution is 7.12. The molecule has 1 fully saturated rings. The molecule has 0 saturated carbocycles. The van der Waals surface area contributed by atoms with E-state index in [2.05, 4.69) is 29.2 Å². The zero-order chi connectivity index (χ0) is 17.1. The minimum absolute atomic E-state index is 0.312. The lowest BCUT2D eigenvalue weighted by molar-refractivity contribution is 0.114. The van der Waals surface area contributed by atoms with Crippen molar-refractivity contribution in [1.82, 2.24) is 10.1 Å². The molecule has 1 unspecified atom stereocenters. The van der Waals surface area contributed by atoms with E-state index in [4.69, 9.17) is 9.26 Å². The quantitative estimate of drug-likeness (QED) is 0.632. The Hall–Kier alpha value is -1.95. The van der Waals surface area contributed by atoms with Gasteiger partial charge in [-0.05, 0) is 32.0 Å². The molecular formula is C20H22N2O2S. The zero-order valence-corrected chi connectivity index (χ0v) is 15.2. The van der Waals surface area contributed by atoms with Gasteiger partial charge in [0, 0.05) is 34.5 Å². The number of nitrogens with zero attached hydrogens (tertiary/aromatic N) is 2. The van der Waals surface area contributed by atoms with Crippen LogP contribution in [-0.4, -0.2) is 23.7 Å². The third-order valence-electron chi connectivity index (χ3n) is 4.41. The molecule has 1 aliphatic heterocycles. The van der Waals surface area contributed by atoms with E-state index in [1.54, 1.807) is 0 Å². The number of thiophene rings is 1. The van der Waals surface area contributed by atoms with Gasteiger partial charge in [-0.2, -0.15) is 0 Å². The first kappa shape index (κ1) is 16.5. The molecule has 0 spiro atoms. The van der Waals surface area contributed by atoms with Crippen LogP contribution in [0.5, 0.6) is 0 Å². The third kappa shape index (κ3) is 4.00. The normalized spacial score (nSPS) is 17.4. The molecule has 0 radical (unpaired) electrons. The number of ether oxygens (including phenoxy) is 1. The Labute approximate surface area is 152 Å². The number of hydrogen-bond donors (Lipinski definition) is 0. The zero-order valence-electron chi connectivity index (χ0n) is 14.4. The van der Waals surface area contributed by atoms with Crippen LogP contribution in [0.15, 0.2) is 53.1 Å². The summed E-state index contributed by atoms with van der Waals surface area (Å²) in [6.07, 6.45) is 2.63. The first-order chi connectivity index (χ1) is 12.3. The molecule has 0 amide bonds. The van der Waals surface area contributed by atoms with Gasteiger partial charge in [-0.25, -0.2) is 0 Å². The van der Waals surface area contributed by atoms with Crippen molar-refractivity contribution in [2.45, 2.75) is 32.0 Å². The third-order valence-corrected chi connectivity index (χ3v) is 5.57. The molecule has 1 aromatic carbocycles. The van der Waals surface area contributed by atoms with Crippen LogP contribution in [0.25, 0.3) is 11.3 Å². The molecule has 2 aromatic heterocycles. The maximum Gasteiger partial charge on any atom is 0.151 e. The van der Waals surface area contributed by atoms with Crippen molar-refractivity contribution in [1.29, 1.82) is 0 Å². The van der Waals surface area contributed by atoms with Crippen LogP contribution in [0.3, 0.4) is 0 Å². The molecule has 1 saturated heterocycles. The maximum absolute atomic E-state index is 5.77. The molecule has 4 rings (SSSR count). The highest BCUT2D eigenvalue weighted by Gasteiger charge is 2.19. The fraction of sp³-hybridized carbons (Fsp3) is 0.350. The smallest absolute Gasteiger partial charge is 0.151 e. The predicted octanol–water partition coefficient (Wildman–Crippen LogP) is 4.89. The van der Waals surface area contributed by atoms with Crippen LogP contribution in [0.2, 0.25) is 0 Å². The summed E-state index contributed by atoms with van der Waals surface area (Å²) < 4.78 is 11.3. The topological polar surface area (TPSA) is 38.5 Å². The second-order valence-corrected chi connectivity index (χ2v) is 7.72. The van der Waals surface area contributed by atoms with Crippen LogP contribution in [0, 0.1) is 0 Å². The van der Waals surface area contributed by atoms with E-state index >= 15 is 0 Å². The van der Waals surface area contributed by atoms with Crippen LogP contribution < -0.4 is 0 Å². The van der Waals surface area contributed by atoms with Crippen molar-refractivity contribution in [3.63, 3.8) is 0 Å². The number of aromatic nitrogens is 1. The summed E-state index contributed by atoms with van der Waals surface area (Å²) >= 11 is 1.86. The Morgan fingerprint density at radius 2 is 2.04 bits per heavy atom. The summed E-state index contributed by atoms with van der Waals surface area (Å²) in [5.74, 6) is 0.886. The minimum Gasteiger partial charge on any atom is -0.373 e. The van der Waals surface area contributed by atoms with Gasteiger partial charge in [-0.15, -0.1) is 11.3 Å². The Kier molecular flexibility index (Phi) is 4.97. The highest BCUT2D eigenvalue weighted by atomic mass is 32.1. The molecule has 25 heavy (non-hydrogen) atoms. The van der Waals surface area contributed by atoms with E-state index in [0.29, 0.717) is 6.10 Å². The molecule has 5 heteroatoms. The molecule has 0 N–H and O–H groups in total. The highest BCUT2D eigenvalue weighted by Crippen LogP contribution is 2.33. The van der Waals surface area contributed by atoms with Crippen LogP contribution in [0.4, 0.5) is 0 Å². The van der Waals surface area contributed by atoms with E-state index in [1.165, 1.54) is 16.2 Å². The Morgan fingerprint density at radius 3 is 2.84 bits per heavy atom. The molecule has 1 atom stereocenters. The van der Waals surface area contributed by atoms with Crippen molar-refractivity contribution in [2.75, 3.05) is 13.7 Å². The molecule has 3 aromatic rings. The Bertz CT molecular complexity index is 806. The van der Waals surface area contributed by atoms with Gasteiger partial charge in [-0.3, -0.25) is 4.90 Å². The van der Waals surface area contributed by atoms with Gasteiger partial charge in [0.25, 0.3) is 0 Å². The SMILES string of the molecule is CN(Cc1cc(-c2ccccc2)no1)Cc1ccc(C2CCCO2)s1. The van der Waals surface area contributed by atoms with Crippen molar-refractivity contribution in [2.24, 2.45) is 0 Å². The van der Waals surface area contributed by atoms with Gasteiger partial charge in [0.1, 0.15) is 5.69 Å². The summed E-state index contributed by atoms with van der Waals surface area (Å²) in [6.45, 7) is 2.54. The standard InChI is InChI=1S/C20H22N2O2S/c1-22(14-17-9-10-20(25-17)19-8-5-11-23-19)13-16-12-18(21-24-16)15-6-3-2-4-7-15/h2-4,6-7,9-10,12,19H,5,8,11,13-14H2,1H3. The van der Waals surface area contributed by atoms with Gasteiger partial charge in [0.05, 0.1) is 12.6 Å². The summed E-state index contributed by atoms with van der Waals surface area (Å²) in [4.78, 5) is 4.96. The molecule has 1 aliphatic rings. The molecule has 3 heterocycles. The average Bonchev–Trinajstić information content (AvgIpc) is 3.37. The summed E-state index contributed by atoms with van der Waals surface area (Å²) in [5, 5.41) is 4.19. The lowest BCUT2D eigenvalue weighted by atomic mass is 10.1. The fourth-order valence-corrected chi connectivity index (χ4v) is 4.35. The van der Waals surface area contributed by atoms with Crippen molar-refractivity contribution >= 4 is 11.3 Å². The molecule has 0 aliphatic carbocycles. The number of hydrogen-bond acceptors (Lipinski definition) is 5. The fourth-order valence-electron chi connectivity index (χ4n) is 3.17. The Balaban J connectivity index is 1.36. The van der Waals surface area contributed by atoms with Crippen molar-refractivity contribution in [3.05, 3.63) is 64.0 Å². The summed E-state index contributed by atoms with van der Waals surface area (Å²) in [7, 11) is 2.11. The second kappa shape index (κ2) is 7.52. The maximum atomic E-state index is 5.77. The van der Waals surface area contributed by atoms with E-state index in [9.17, 15) is 0 Å². The first-order valence-corrected chi connectivity index (χ1v) is 9.49.